The van der Waals surface area contributed by atoms with Gasteiger partial charge >= 0.3 is 0 Å². The summed E-state index contributed by atoms with van der Waals surface area (Å²) >= 11 is 5.88. The van der Waals surface area contributed by atoms with Crippen LogP contribution in [0.15, 0.2) is 67.0 Å². The van der Waals surface area contributed by atoms with Crippen molar-refractivity contribution in [2.45, 2.75) is 18.5 Å². The van der Waals surface area contributed by atoms with E-state index in [2.05, 4.69) is 87.3 Å². The predicted octanol–water partition coefficient (Wildman–Crippen LogP) is 3.63. The molecular formula is C27H34N6OS. The van der Waals surface area contributed by atoms with E-state index in [1.807, 2.05) is 18.3 Å². The minimum Gasteiger partial charge on any atom is -0.379 e. The summed E-state index contributed by atoms with van der Waals surface area (Å²) in [6.07, 6.45) is 5.05. The maximum absolute atomic E-state index is 5.88. The molecule has 7 nitrogen and oxygen atoms in total. The maximum atomic E-state index is 5.88. The third-order valence-corrected chi connectivity index (χ3v) is 7.25. The molecular weight excluding hydrogens is 456 g/mol. The number of benzene rings is 1. The van der Waals surface area contributed by atoms with Crippen LogP contribution in [-0.2, 0) is 4.74 Å². The lowest BCUT2D eigenvalue weighted by Crippen LogP contribution is -2.39. The Morgan fingerprint density at radius 2 is 1.83 bits per heavy atom. The number of thiocarbonyl (C=S) groups is 1. The predicted molar refractivity (Wildman–Crippen MR) is 144 cm³/mol. The monoisotopic (exact) mass is 490 g/mol. The Morgan fingerprint density at radius 3 is 2.54 bits per heavy atom. The summed E-state index contributed by atoms with van der Waals surface area (Å²) in [7, 11) is 4.13. The first-order valence-corrected chi connectivity index (χ1v) is 12.8. The lowest BCUT2D eigenvalue weighted by molar-refractivity contribution is 0.0365. The summed E-state index contributed by atoms with van der Waals surface area (Å²) < 4.78 is 7.79. The second-order valence-corrected chi connectivity index (χ2v) is 9.73. The van der Waals surface area contributed by atoms with Gasteiger partial charge in [-0.25, -0.2) is 0 Å². The van der Waals surface area contributed by atoms with E-state index in [-0.39, 0.29) is 12.1 Å². The zero-order valence-electron chi connectivity index (χ0n) is 20.5. The van der Waals surface area contributed by atoms with Gasteiger partial charge in [0.2, 0.25) is 0 Å². The normalized spacial score (nSPS) is 20.7. The van der Waals surface area contributed by atoms with Crippen molar-refractivity contribution in [1.29, 1.82) is 0 Å². The minimum absolute atomic E-state index is 0.0122. The number of ether oxygens (including phenoxy) is 1. The Balaban J connectivity index is 1.43. The maximum Gasteiger partial charge on any atom is 0.170 e. The number of anilines is 1. The lowest BCUT2D eigenvalue weighted by Gasteiger charge is -2.31. The molecule has 5 rings (SSSR count). The number of nitrogens with zero attached hydrogens (tertiary/aromatic N) is 5. The fourth-order valence-corrected chi connectivity index (χ4v) is 5.37. The fraction of sp³-hybridized carbons (Fsp3) is 0.407. The zero-order chi connectivity index (χ0) is 24.2. The largest absolute Gasteiger partial charge is 0.379 e. The van der Waals surface area contributed by atoms with Gasteiger partial charge in [-0.05, 0) is 67.2 Å². The summed E-state index contributed by atoms with van der Waals surface area (Å²) in [6, 6.07) is 19.1. The molecule has 0 saturated carbocycles. The van der Waals surface area contributed by atoms with Gasteiger partial charge in [-0.1, -0.05) is 6.07 Å². The number of morpholine rings is 1. The first-order chi connectivity index (χ1) is 17.1. The van der Waals surface area contributed by atoms with Gasteiger partial charge in [0.1, 0.15) is 0 Å². The van der Waals surface area contributed by atoms with Crippen LogP contribution in [0.4, 0.5) is 5.69 Å². The molecule has 0 aliphatic carbocycles. The molecule has 2 aromatic heterocycles. The quantitative estimate of drug-likeness (QED) is 0.484. The van der Waals surface area contributed by atoms with Crippen LogP contribution in [0.25, 0.3) is 5.69 Å². The summed E-state index contributed by atoms with van der Waals surface area (Å²) in [5, 5.41) is 4.39. The van der Waals surface area contributed by atoms with Crippen molar-refractivity contribution < 1.29 is 4.74 Å². The molecule has 0 unspecified atom stereocenters. The Hall–Kier alpha value is -2.94. The number of nitrogens with one attached hydrogen (secondary N) is 1. The Morgan fingerprint density at radius 1 is 1.03 bits per heavy atom. The highest BCUT2D eigenvalue weighted by atomic mass is 32.1. The van der Waals surface area contributed by atoms with Crippen LogP contribution in [0.2, 0.25) is 0 Å². The molecule has 1 N–H and O–H groups in total. The SMILES string of the molecule is CN(C)c1ccc(-n2cccc2[C@H]2[C@H](c3ccccn3)NC(=S)N2CCCN2CCOCC2)cc1. The molecule has 35 heavy (non-hydrogen) atoms. The number of hydrogen-bond donors (Lipinski definition) is 1. The van der Waals surface area contributed by atoms with Gasteiger partial charge in [0, 0.05) is 69.7 Å². The molecule has 2 saturated heterocycles. The molecule has 2 aliphatic heterocycles. The van der Waals surface area contributed by atoms with E-state index in [0.717, 1.165) is 62.3 Å². The van der Waals surface area contributed by atoms with E-state index in [4.69, 9.17) is 21.9 Å². The van der Waals surface area contributed by atoms with Crippen LogP contribution >= 0.6 is 12.2 Å². The van der Waals surface area contributed by atoms with Gasteiger partial charge in [-0.15, -0.1) is 0 Å². The van der Waals surface area contributed by atoms with Crippen LogP contribution < -0.4 is 10.2 Å². The lowest BCUT2D eigenvalue weighted by atomic mass is 10.0. The number of aromatic nitrogens is 2. The summed E-state index contributed by atoms with van der Waals surface area (Å²) in [5.41, 5.74) is 4.53. The van der Waals surface area contributed by atoms with Crippen molar-refractivity contribution in [2.75, 3.05) is 58.4 Å². The van der Waals surface area contributed by atoms with Gasteiger partial charge in [0.15, 0.2) is 5.11 Å². The Kier molecular flexibility index (Phi) is 7.32. The van der Waals surface area contributed by atoms with Crippen molar-refractivity contribution in [2.24, 2.45) is 0 Å². The van der Waals surface area contributed by atoms with Crippen molar-refractivity contribution in [3.8, 4) is 5.69 Å². The van der Waals surface area contributed by atoms with Crippen LogP contribution in [0.1, 0.15) is 29.9 Å². The Bertz CT molecular complexity index is 1110. The van der Waals surface area contributed by atoms with E-state index in [1.54, 1.807) is 0 Å². The standard InChI is InChI=1S/C27H34N6OS/c1-30(2)21-9-11-22(12-10-21)32-15-5-8-24(32)26-25(23-7-3-4-13-28-23)29-27(35)33(26)16-6-14-31-17-19-34-20-18-31/h3-5,7-13,15,25-26H,6,14,16-20H2,1-2H3,(H,29,35)/t25-,26-/m0/s1. The molecule has 2 atom stereocenters. The van der Waals surface area contributed by atoms with Gasteiger partial charge in [-0.3, -0.25) is 9.88 Å². The smallest absolute Gasteiger partial charge is 0.170 e. The number of hydrogen-bond acceptors (Lipinski definition) is 5. The third kappa shape index (κ3) is 5.19. The third-order valence-electron chi connectivity index (χ3n) is 6.90. The van der Waals surface area contributed by atoms with Crippen LogP contribution in [0.5, 0.6) is 0 Å². The van der Waals surface area contributed by atoms with Crippen molar-refractivity contribution in [1.82, 2.24) is 24.7 Å². The molecule has 0 radical (unpaired) electrons. The van der Waals surface area contributed by atoms with E-state index >= 15 is 0 Å². The average molecular weight is 491 g/mol. The molecule has 4 heterocycles. The topological polar surface area (TPSA) is 48.8 Å². The summed E-state index contributed by atoms with van der Waals surface area (Å²) in [4.78, 5) is 11.6. The van der Waals surface area contributed by atoms with Gasteiger partial charge in [-0.2, -0.15) is 0 Å². The summed E-state index contributed by atoms with van der Waals surface area (Å²) in [5.74, 6) is 0. The van der Waals surface area contributed by atoms with Gasteiger partial charge in [0.25, 0.3) is 0 Å². The van der Waals surface area contributed by atoms with E-state index in [0.29, 0.717) is 0 Å². The first-order valence-electron chi connectivity index (χ1n) is 12.3. The first kappa shape index (κ1) is 23.8. The molecule has 0 spiro atoms. The van der Waals surface area contributed by atoms with E-state index < -0.39 is 0 Å². The minimum atomic E-state index is -0.0122. The van der Waals surface area contributed by atoms with Crippen LogP contribution in [0.3, 0.4) is 0 Å². The summed E-state index contributed by atoms with van der Waals surface area (Å²) in [6.45, 7) is 5.61. The van der Waals surface area contributed by atoms with Crippen molar-refractivity contribution >= 4 is 23.0 Å². The highest BCUT2D eigenvalue weighted by Crippen LogP contribution is 2.39. The highest BCUT2D eigenvalue weighted by Gasteiger charge is 2.41. The molecule has 1 aromatic carbocycles. The highest BCUT2D eigenvalue weighted by molar-refractivity contribution is 7.80. The molecule has 184 valence electrons. The number of pyridine rings is 1. The Labute approximate surface area is 213 Å². The average Bonchev–Trinajstić information content (AvgIpc) is 3.50. The van der Waals surface area contributed by atoms with Crippen LogP contribution in [-0.4, -0.2) is 78.0 Å². The van der Waals surface area contributed by atoms with Crippen molar-refractivity contribution in [3.05, 3.63) is 78.4 Å². The fourth-order valence-electron chi connectivity index (χ4n) is 5.04. The second kappa shape index (κ2) is 10.8. The molecule has 8 heteroatoms. The molecule has 2 fully saturated rings. The van der Waals surface area contributed by atoms with Gasteiger partial charge < -0.3 is 24.4 Å². The second-order valence-electron chi connectivity index (χ2n) is 9.34. The molecule has 0 amide bonds. The van der Waals surface area contributed by atoms with E-state index in [1.165, 1.54) is 11.4 Å². The molecule has 3 aromatic rings. The number of rotatable bonds is 8. The van der Waals surface area contributed by atoms with Crippen LogP contribution in [0, 0.1) is 0 Å². The molecule has 2 aliphatic rings. The molecule has 0 bridgehead atoms. The van der Waals surface area contributed by atoms with Crippen molar-refractivity contribution in [3.63, 3.8) is 0 Å². The van der Waals surface area contributed by atoms with E-state index in [9.17, 15) is 0 Å². The zero-order valence-corrected chi connectivity index (χ0v) is 21.3. The van der Waals surface area contributed by atoms with Gasteiger partial charge in [0.05, 0.1) is 31.0 Å².